The molecule has 2 heterocycles. The van der Waals surface area contributed by atoms with Crippen molar-refractivity contribution in [1.82, 2.24) is 0 Å². The fourth-order valence-electron chi connectivity index (χ4n) is 2.32. The second kappa shape index (κ2) is 5.28. The molecule has 1 aromatic carbocycles. The van der Waals surface area contributed by atoms with Gasteiger partial charge in [0.25, 0.3) is 5.91 Å². The number of furan rings is 1. The van der Waals surface area contributed by atoms with Crippen molar-refractivity contribution in [2.24, 2.45) is 0 Å². The molecule has 1 amide bonds. The van der Waals surface area contributed by atoms with E-state index in [4.69, 9.17) is 4.42 Å². The van der Waals surface area contributed by atoms with Crippen LogP contribution in [0.3, 0.4) is 0 Å². The maximum atomic E-state index is 12.5. The van der Waals surface area contributed by atoms with Gasteiger partial charge in [0, 0.05) is 13.1 Å². The van der Waals surface area contributed by atoms with E-state index in [-0.39, 0.29) is 11.7 Å². The van der Waals surface area contributed by atoms with Crippen molar-refractivity contribution in [2.75, 3.05) is 23.3 Å². The number of anilines is 2. The number of carbonyl (C=O) groups excluding carboxylic acids is 1. The van der Waals surface area contributed by atoms with E-state index in [0.717, 1.165) is 24.3 Å². The van der Waals surface area contributed by atoms with Crippen molar-refractivity contribution in [3.8, 4) is 0 Å². The topological polar surface area (TPSA) is 88.6 Å². The number of carbonyl (C=O) groups is 1. The van der Waals surface area contributed by atoms with Crippen molar-refractivity contribution in [2.45, 2.75) is 6.42 Å². The van der Waals surface area contributed by atoms with E-state index in [2.05, 4.69) is 5.32 Å². The van der Waals surface area contributed by atoms with E-state index in [9.17, 15) is 14.9 Å². The number of hydrogen-bond donors (Lipinski definition) is 1. The molecule has 0 bridgehead atoms. The standard InChI is InChI=1S/C14H13N3O4/c18-14(12-6-7-13(21-12)17(19)20)16-9-3-8-15-10-4-1-2-5-11(10)16/h1-2,4-7,15H,3,8-9H2. The summed E-state index contributed by atoms with van der Waals surface area (Å²) in [5.74, 6) is -0.836. The van der Waals surface area contributed by atoms with Gasteiger partial charge in [0.2, 0.25) is 0 Å². The van der Waals surface area contributed by atoms with E-state index < -0.39 is 10.8 Å². The molecule has 0 saturated heterocycles. The van der Waals surface area contributed by atoms with Crippen LogP contribution in [0.25, 0.3) is 0 Å². The second-order valence-electron chi connectivity index (χ2n) is 4.65. The van der Waals surface area contributed by atoms with Crippen molar-refractivity contribution in [3.05, 3.63) is 52.3 Å². The zero-order valence-corrected chi connectivity index (χ0v) is 11.1. The Bertz CT molecular complexity index is 695. The first-order valence-electron chi connectivity index (χ1n) is 6.56. The maximum Gasteiger partial charge on any atom is 0.433 e. The second-order valence-corrected chi connectivity index (χ2v) is 4.65. The number of benzene rings is 1. The summed E-state index contributed by atoms with van der Waals surface area (Å²) in [5.41, 5.74) is 1.61. The number of nitrogens with one attached hydrogen (secondary N) is 1. The Morgan fingerprint density at radius 2 is 2.10 bits per heavy atom. The summed E-state index contributed by atoms with van der Waals surface area (Å²) in [7, 11) is 0. The van der Waals surface area contributed by atoms with Crippen LogP contribution in [0, 0.1) is 10.1 Å². The number of nitro groups is 1. The molecule has 1 aliphatic rings. The molecule has 0 saturated carbocycles. The molecule has 0 atom stereocenters. The molecule has 7 heteroatoms. The first-order valence-corrected chi connectivity index (χ1v) is 6.56. The molecule has 2 aromatic rings. The molecule has 0 spiro atoms. The van der Waals surface area contributed by atoms with Crippen LogP contribution in [-0.4, -0.2) is 23.9 Å². The minimum absolute atomic E-state index is 0.0293. The summed E-state index contributed by atoms with van der Waals surface area (Å²) >= 11 is 0. The number of amides is 1. The number of hydrogen-bond acceptors (Lipinski definition) is 5. The first-order chi connectivity index (χ1) is 10.2. The third kappa shape index (κ3) is 2.45. The van der Waals surface area contributed by atoms with E-state index >= 15 is 0 Å². The van der Waals surface area contributed by atoms with Crippen LogP contribution < -0.4 is 10.2 Å². The molecular weight excluding hydrogens is 274 g/mol. The minimum atomic E-state index is -0.658. The lowest BCUT2D eigenvalue weighted by molar-refractivity contribution is -0.402. The maximum absolute atomic E-state index is 12.5. The zero-order valence-electron chi connectivity index (χ0n) is 11.1. The van der Waals surface area contributed by atoms with E-state index in [1.165, 1.54) is 12.1 Å². The van der Waals surface area contributed by atoms with Crippen LogP contribution in [0.5, 0.6) is 0 Å². The molecular formula is C14H13N3O4. The summed E-state index contributed by atoms with van der Waals surface area (Å²) in [6.45, 7) is 1.29. The summed E-state index contributed by atoms with van der Waals surface area (Å²) in [4.78, 5) is 24.1. The van der Waals surface area contributed by atoms with Crippen LogP contribution in [0.1, 0.15) is 17.0 Å². The predicted octanol–water partition coefficient (Wildman–Crippen LogP) is 2.65. The van der Waals surface area contributed by atoms with Crippen molar-refractivity contribution >= 4 is 23.2 Å². The molecule has 3 rings (SSSR count). The van der Waals surface area contributed by atoms with E-state index in [0.29, 0.717) is 6.54 Å². The van der Waals surface area contributed by atoms with Gasteiger partial charge in [-0.05, 0) is 24.6 Å². The highest BCUT2D eigenvalue weighted by atomic mass is 16.6. The molecule has 0 fully saturated rings. The van der Waals surface area contributed by atoms with Crippen molar-refractivity contribution in [3.63, 3.8) is 0 Å². The van der Waals surface area contributed by atoms with Crippen molar-refractivity contribution in [1.29, 1.82) is 0 Å². The van der Waals surface area contributed by atoms with Crippen LogP contribution in [-0.2, 0) is 0 Å². The molecule has 1 N–H and O–H groups in total. The zero-order chi connectivity index (χ0) is 14.8. The Balaban J connectivity index is 1.95. The fraction of sp³-hybridized carbons (Fsp3) is 0.214. The lowest BCUT2D eigenvalue weighted by Gasteiger charge is -2.21. The molecule has 0 aliphatic carbocycles. The summed E-state index contributed by atoms with van der Waals surface area (Å²) < 4.78 is 5.01. The monoisotopic (exact) mass is 287 g/mol. The Kier molecular flexibility index (Phi) is 3.31. The Morgan fingerprint density at radius 1 is 1.29 bits per heavy atom. The van der Waals surface area contributed by atoms with Crippen LogP contribution >= 0.6 is 0 Å². The Morgan fingerprint density at radius 3 is 2.86 bits per heavy atom. The SMILES string of the molecule is O=C(c1ccc([N+](=O)[O-])o1)N1CCCNc2ccccc21. The van der Waals surface area contributed by atoms with Gasteiger partial charge in [-0.1, -0.05) is 12.1 Å². The van der Waals surface area contributed by atoms with Gasteiger partial charge in [-0.2, -0.15) is 0 Å². The highest BCUT2D eigenvalue weighted by Gasteiger charge is 2.26. The Labute approximate surface area is 120 Å². The average Bonchev–Trinajstić information content (AvgIpc) is 2.88. The highest BCUT2D eigenvalue weighted by Crippen LogP contribution is 2.30. The van der Waals surface area contributed by atoms with Gasteiger partial charge >= 0.3 is 5.88 Å². The molecule has 108 valence electrons. The van der Waals surface area contributed by atoms with Gasteiger partial charge in [-0.25, -0.2) is 0 Å². The number of nitrogens with zero attached hydrogens (tertiary/aromatic N) is 2. The Hall–Kier alpha value is -2.83. The van der Waals surface area contributed by atoms with Gasteiger partial charge in [-0.3, -0.25) is 14.9 Å². The lowest BCUT2D eigenvalue weighted by atomic mass is 10.2. The third-order valence-corrected chi connectivity index (χ3v) is 3.30. The quantitative estimate of drug-likeness (QED) is 0.677. The third-order valence-electron chi connectivity index (χ3n) is 3.30. The molecule has 1 aromatic heterocycles. The van der Waals surface area contributed by atoms with E-state index in [1.807, 2.05) is 24.3 Å². The highest BCUT2D eigenvalue weighted by molar-refractivity contribution is 6.06. The van der Waals surface area contributed by atoms with Crippen LogP contribution in [0.15, 0.2) is 40.8 Å². The summed E-state index contributed by atoms with van der Waals surface area (Å²) in [5, 5.41) is 13.9. The van der Waals surface area contributed by atoms with Crippen molar-refractivity contribution < 1.29 is 14.1 Å². The van der Waals surface area contributed by atoms with Gasteiger partial charge < -0.3 is 14.6 Å². The molecule has 0 unspecified atom stereocenters. The van der Waals surface area contributed by atoms with E-state index in [1.54, 1.807) is 4.90 Å². The number of rotatable bonds is 2. The van der Waals surface area contributed by atoms with Gasteiger partial charge in [0.05, 0.1) is 17.4 Å². The summed E-state index contributed by atoms with van der Waals surface area (Å²) in [6, 6.07) is 9.99. The number of para-hydroxylation sites is 2. The van der Waals surface area contributed by atoms with Crippen LogP contribution in [0.4, 0.5) is 17.3 Å². The van der Waals surface area contributed by atoms with Crippen LogP contribution in [0.2, 0.25) is 0 Å². The van der Waals surface area contributed by atoms with Gasteiger partial charge in [-0.15, -0.1) is 0 Å². The number of fused-ring (bicyclic) bond motifs is 1. The molecule has 0 radical (unpaired) electrons. The fourth-order valence-corrected chi connectivity index (χ4v) is 2.32. The average molecular weight is 287 g/mol. The molecule has 7 nitrogen and oxygen atoms in total. The normalized spacial score (nSPS) is 14.0. The minimum Gasteiger partial charge on any atom is -0.395 e. The lowest BCUT2D eigenvalue weighted by Crippen LogP contribution is -2.31. The first kappa shape index (κ1) is 13.2. The largest absolute Gasteiger partial charge is 0.433 e. The van der Waals surface area contributed by atoms with Gasteiger partial charge in [0.1, 0.15) is 4.92 Å². The molecule has 1 aliphatic heterocycles. The predicted molar refractivity (Wildman–Crippen MR) is 76.6 cm³/mol. The smallest absolute Gasteiger partial charge is 0.395 e. The van der Waals surface area contributed by atoms with Gasteiger partial charge in [0.15, 0.2) is 5.76 Å². The molecule has 21 heavy (non-hydrogen) atoms. The summed E-state index contributed by atoms with van der Waals surface area (Å²) in [6.07, 6.45) is 0.781.